The third-order valence-electron chi connectivity index (χ3n) is 10.4. The van der Waals surface area contributed by atoms with Crippen molar-refractivity contribution in [2.24, 2.45) is 22.9 Å². The Kier molecular flexibility index (Phi) is 25.2. The average molecular weight is 940 g/mol. The molecule has 6 amide bonds. The van der Waals surface area contributed by atoms with Gasteiger partial charge >= 0.3 is 0 Å². The van der Waals surface area contributed by atoms with Crippen LogP contribution in [-0.4, -0.2) is 110 Å². The number of carbonyl (C=O) groups is 6. The molecule has 0 fully saturated rings. The molecule has 0 saturated carbocycles. The number of rotatable bonds is 30. The minimum atomic E-state index is -0.600. The van der Waals surface area contributed by atoms with Crippen molar-refractivity contribution in [3.63, 3.8) is 0 Å². The van der Waals surface area contributed by atoms with E-state index in [1.807, 2.05) is 0 Å². The Morgan fingerprint density at radius 3 is 1.45 bits per heavy atom. The van der Waals surface area contributed by atoms with E-state index in [2.05, 4.69) is 28.2 Å². The third kappa shape index (κ3) is 21.2. The summed E-state index contributed by atoms with van der Waals surface area (Å²) in [6.07, 6.45) is 9.65. The molecule has 0 bridgehead atoms. The first-order valence-electron chi connectivity index (χ1n) is 22.5. The number of nitrogens with zero attached hydrogens (tertiary/aromatic N) is 2. The summed E-state index contributed by atoms with van der Waals surface area (Å²) in [6.45, 7) is 2.79. The van der Waals surface area contributed by atoms with E-state index in [0.29, 0.717) is 53.5 Å². The molecule has 65 heavy (non-hydrogen) atoms. The summed E-state index contributed by atoms with van der Waals surface area (Å²) < 4.78 is 0. The van der Waals surface area contributed by atoms with Gasteiger partial charge in [-0.1, -0.05) is 68.7 Å². The maximum atomic E-state index is 13.8. The third-order valence-corrected chi connectivity index (χ3v) is 10.9. The Morgan fingerprint density at radius 2 is 1.00 bits per heavy atom. The number of halogens is 2. The molecule has 356 valence electrons. The van der Waals surface area contributed by atoms with Crippen molar-refractivity contribution in [1.82, 2.24) is 20.4 Å². The van der Waals surface area contributed by atoms with Gasteiger partial charge in [0.05, 0.1) is 0 Å². The van der Waals surface area contributed by atoms with Gasteiger partial charge in [0, 0.05) is 82.8 Å². The number of anilines is 2. The lowest BCUT2D eigenvalue weighted by atomic mass is 10.1. The zero-order valence-corrected chi connectivity index (χ0v) is 39.1. The topological polar surface area (TPSA) is 261 Å². The van der Waals surface area contributed by atoms with Crippen molar-refractivity contribution in [2.75, 3.05) is 63.0 Å². The van der Waals surface area contributed by atoms with Crippen LogP contribution in [0.2, 0.25) is 10.0 Å². The van der Waals surface area contributed by atoms with E-state index in [1.165, 1.54) is 28.0 Å². The molecule has 0 aromatic heterocycles. The molecule has 3 aromatic rings. The molecule has 0 saturated heterocycles. The molecule has 0 aliphatic rings. The molecular weight excluding hydrogens is 871 g/mol. The van der Waals surface area contributed by atoms with Crippen LogP contribution in [0, 0.1) is 0 Å². The number of benzene rings is 3. The molecule has 0 heterocycles. The summed E-state index contributed by atoms with van der Waals surface area (Å²) in [6, 6.07) is 16.0. The van der Waals surface area contributed by atoms with E-state index in [-0.39, 0.29) is 49.0 Å². The molecule has 18 heteroatoms. The maximum Gasteiger partial charge on any atom is 0.254 e. The normalized spacial score (nSPS) is 11.9. The first-order valence-corrected chi connectivity index (χ1v) is 23.3. The second-order valence-corrected chi connectivity index (χ2v) is 17.0. The number of carbonyl (C=O) groups excluding carboxylic acids is 6. The van der Waals surface area contributed by atoms with Crippen LogP contribution >= 0.6 is 23.2 Å². The molecule has 12 N–H and O–H groups in total. The van der Waals surface area contributed by atoms with Gasteiger partial charge in [0.1, 0.15) is 13.1 Å². The van der Waals surface area contributed by atoms with Gasteiger partial charge in [-0.05, 0) is 112 Å². The van der Waals surface area contributed by atoms with Crippen LogP contribution in [0.15, 0.2) is 66.7 Å². The highest BCUT2D eigenvalue weighted by Crippen LogP contribution is 2.21. The lowest BCUT2D eigenvalue weighted by molar-refractivity contribution is -0.121. The van der Waals surface area contributed by atoms with Gasteiger partial charge in [0.2, 0.25) is 17.7 Å². The summed E-state index contributed by atoms with van der Waals surface area (Å²) in [5.41, 5.74) is 25.1. The van der Waals surface area contributed by atoms with Gasteiger partial charge in [0.15, 0.2) is 0 Å². The van der Waals surface area contributed by atoms with Crippen LogP contribution in [0.4, 0.5) is 11.4 Å². The molecule has 2 atom stereocenters. The molecule has 0 aliphatic heterocycles. The summed E-state index contributed by atoms with van der Waals surface area (Å²) in [7, 11) is 0. The number of unbranched alkanes of at least 4 members (excludes halogenated alkanes) is 6. The standard InChI is InChI=1S/C47H68Cl2N10O6/c1-2-3-4-5-6-13-42(60)54-24-25-55-45(63)35-26-40(56-43(61)31-58(29-38(52)11-7-9-22-50)46(64)33-14-18-36(48)19-15-33)28-41(27-35)57-44(62)32-59(30-39(53)12-8-10-23-51)47(65)34-16-20-37(49)21-17-34/h14-21,26-28,38-39H,2-13,22-25,29-32,50-53H2,1H3,(H,54,60)(H,55,63)(H,56,61)(H,57,62)/t38-,39-/m0/s1. The smallest absolute Gasteiger partial charge is 0.254 e. The first kappa shape index (κ1) is 54.2. The number of amides is 6. The van der Waals surface area contributed by atoms with E-state index in [0.717, 1.165) is 57.8 Å². The van der Waals surface area contributed by atoms with Crippen molar-refractivity contribution in [2.45, 2.75) is 96.1 Å². The van der Waals surface area contributed by atoms with Gasteiger partial charge in [0.25, 0.3) is 17.7 Å². The van der Waals surface area contributed by atoms with Crippen molar-refractivity contribution in [1.29, 1.82) is 0 Å². The maximum absolute atomic E-state index is 13.8. The highest BCUT2D eigenvalue weighted by atomic mass is 35.5. The Labute approximate surface area is 393 Å². The van der Waals surface area contributed by atoms with Crippen LogP contribution < -0.4 is 44.2 Å². The first-order chi connectivity index (χ1) is 31.2. The molecule has 0 aliphatic carbocycles. The van der Waals surface area contributed by atoms with Gasteiger partial charge in [-0.15, -0.1) is 0 Å². The predicted octanol–water partition coefficient (Wildman–Crippen LogP) is 5.27. The molecule has 0 radical (unpaired) electrons. The summed E-state index contributed by atoms with van der Waals surface area (Å²) in [5, 5.41) is 12.0. The van der Waals surface area contributed by atoms with Gasteiger partial charge in [-0.2, -0.15) is 0 Å². The summed E-state index contributed by atoms with van der Waals surface area (Å²) in [5.74, 6) is -2.73. The van der Waals surface area contributed by atoms with Crippen molar-refractivity contribution in [3.05, 3.63) is 93.5 Å². The molecule has 0 spiro atoms. The van der Waals surface area contributed by atoms with Gasteiger partial charge in [-0.25, -0.2) is 0 Å². The van der Waals surface area contributed by atoms with E-state index in [1.54, 1.807) is 48.5 Å². The quantitative estimate of drug-likeness (QED) is 0.0402. The highest BCUT2D eigenvalue weighted by Gasteiger charge is 2.24. The molecule has 0 unspecified atom stereocenters. The van der Waals surface area contributed by atoms with Crippen LogP contribution in [0.5, 0.6) is 0 Å². The lowest BCUT2D eigenvalue weighted by Crippen LogP contribution is -2.45. The molecular formula is C47H68Cl2N10O6. The fraction of sp³-hybridized carbons (Fsp3) is 0.489. The lowest BCUT2D eigenvalue weighted by Gasteiger charge is -2.26. The average Bonchev–Trinajstić information content (AvgIpc) is 3.27. The Balaban J connectivity index is 1.86. The zero-order chi connectivity index (χ0) is 47.6. The van der Waals surface area contributed by atoms with E-state index >= 15 is 0 Å². The number of nitrogens with two attached hydrogens (primary N) is 4. The van der Waals surface area contributed by atoms with Crippen LogP contribution in [0.3, 0.4) is 0 Å². The van der Waals surface area contributed by atoms with Crippen LogP contribution in [0.25, 0.3) is 0 Å². The van der Waals surface area contributed by atoms with Crippen molar-refractivity contribution in [3.8, 4) is 0 Å². The molecule has 3 aromatic carbocycles. The minimum absolute atomic E-state index is 0.0700. The van der Waals surface area contributed by atoms with E-state index in [9.17, 15) is 28.8 Å². The molecule has 16 nitrogen and oxygen atoms in total. The fourth-order valence-electron chi connectivity index (χ4n) is 6.95. The van der Waals surface area contributed by atoms with E-state index < -0.39 is 54.7 Å². The number of hydrogen-bond donors (Lipinski definition) is 8. The van der Waals surface area contributed by atoms with Gasteiger partial charge in [-0.3, -0.25) is 28.8 Å². The summed E-state index contributed by atoms with van der Waals surface area (Å²) in [4.78, 5) is 83.6. The van der Waals surface area contributed by atoms with E-state index in [4.69, 9.17) is 46.1 Å². The number of nitrogens with one attached hydrogen (secondary N) is 4. The predicted molar refractivity (Wildman–Crippen MR) is 259 cm³/mol. The van der Waals surface area contributed by atoms with Crippen LogP contribution in [0.1, 0.15) is 115 Å². The fourth-order valence-corrected chi connectivity index (χ4v) is 7.20. The Morgan fingerprint density at radius 1 is 0.554 bits per heavy atom. The van der Waals surface area contributed by atoms with Crippen molar-refractivity contribution >= 4 is 70.0 Å². The number of hydrogen-bond acceptors (Lipinski definition) is 10. The second-order valence-electron chi connectivity index (χ2n) is 16.1. The SMILES string of the molecule is CCCCCCCC(=O)NCCNC(=O)c1cc(NC(=O)CN(C[C@@H](N)CCCCN)C(=O)c2ccc(Cl)cc2)cc(NC(=O)CN(C[C@@H](N)CCCCN)C(=O)c2ccc(Cl)cc2)c1. The monoisotopic (exact) mass is 938 g/mol. The largest absolute Gasteiger partial charge is 0.354 e. The van der Waals surface area contributed by atoms with Crippen molar-refractivity contribution < 1.29 is 28.8 Å². The summed E-state index contributed by atoms with van der Waals surface area (Å²) >= 11 is 12.1. The zero-order valence-electron chi connectivity index (χ0n) is 37.6. The van der Waals surface area contributed by atoms with Gasteiger partial charge < -0.3 is 54.0 Å². The Hall–Kier alpha value is -5.10. The highest BCUT2D eigenvalue weighted by molar-refractivity contribution is 6.31. The van der Waals surface area contributed by atoms with Crippen LogP contribution in [-0.2, 0) is 14.4 Å². The molecule has 3 rings (SSSR count). The second kappa shape index (κ2) is 30.2. The Bertz CT molecular complexity index is 1860. The minimum Gasteiger partial charge on any atom is -0.354 e.